The molecule has 0 spiro atoms. The topological polar surface area (TPSA) is 0 Å². The van der Waals surface area contributed by atoms with Gasteiger partial charge >= 0.3 is 0 Å². The van der Waals surface area contributed by atoms with E-state index >= 15 is 0 Å². The highest BCUT2D eigenvalue weighted by Crippen LogP contribution is 2.28. The molecule has 0 heterocycles. The fourth-order valence-corrected chi connectivity index (χ4v) is 1.23. The molecule has 1 aliphatic carbocycles. The molecular weight excluding hydrogens is 167 g/mol. The van der Waals surface area contributed by atoms with Crippen molar-refractivity contribution < 1.29 is 0 Å². The minimum Gasteiger partial charge on any atom is -0.102 e. The summed E-state index contributed by atoms with van der Waals surface area (Å²) in [4.78, 5) is 0. The van der Waals surface area contributed by atoms with Crippen molar-refractivity contribution >= 4 is 23.2 Å². The maximum Gasteiger partial charge on any atom is 0.0555 e. The van der Waals surface area contributed by atoms with E-state index in [9.17, 15) is 0 Å². The second-order valence-electron chi connectivity index (χ2n) is 2.20. The molecule has 0 aromatic rings. The summed E-state index contributed by atoms with van der Waals surface area (Å²) in [6, 6.07) is 0. The summed E-state index contributed by atoms with van der Waals surface area (Å²) in [5, 5.41) is 1.29. The molecule has 10 heavy (non-hydrogen) atoms. The summed E-state index contributed by atoms with van der Waals surface area (Å²) < 4.78 is 0. The van der Waals surface area contributed by atoms with Gasteiger partial charge in [-0.2, -0.15) is 0 Å². The minimum atomic E-state index is 0.356. The predicted molar refractivity (Wildman–Crippen MR) is 46.2 cm³/mol. The molecule has 0 radical (unpaired) electrons. The van der Waals surface area contributed by atoms with Gasteiger partial charge in [-0.15, -0.1) is 6.58 Å². The highest BCUT2D eigenvalue weighted by Gasteiger charge is 2.08. The van der Waals surface area contributed by atoms with Crippen LogP contribution in [0.4, 0.5) is 0 Å². The van der Waals surface area contributed by atoms with Crippen LogP contribution in [-0.4, -0.2) is 0 Å². The van der Waals surface area contributed by atoms with Gasteiger partial charge in [0.1, 0.15) is 0 Å². The van der Waals surface area contributed by atoms with Crippen LogP contribution in [0.2, 0.25) is 0 Å². The van der Waals surface area contributed by atoms with Gasteiger partial charge in [0.25, 0.3) is 0 Å². The van der Waals surface area contributed by atoms with Gasteiger partial charge in [-0.05, 0) is 12.3 Å². The first-order valence-electron chi connectivity index (χ1n) is 3.10. The molecule has 54 valence electrons. The van der Waals surface area contributed by atoms with Gasteiger partial charge in [0.2, 0.25) is 0 Å². The molecule has 0 saturated carbocycles. The van der Waals surface area contributed by atoms with E-state index in [0.29, 0.717) is 16.0 Å². The predicted octanol–water partition coefficient (Wildman–Crippen LogP) is 3.44. The highest BCUT2D eigenvalue weighted by atomic mass is 35.5. The van der Waals surface area contributed by atoms with Crippen LogP contribution in [0.5, 0.6) is 0 Å². The Kier molecular flexibility index (Phi) is 2.58. The summed E-state index contributed by atoms with van der Waals surface area (Å²) >= 11 is 11.5. The van der Waals surface area contributed by atoms with Gasteiger partial charge in [-0.3, -0.25) is 0 Å². The van der Waals surface area contributed by atoms with E-state index < -0.39 is 0 Å². The molecule has 0 bridgehead atoms. The summed E-state index contributed by atoms with van der Waals surface area (Å²) in [5.74, 6) is 0.356. The molecule has 1 unspecified atom stereocenters. The smallest absolute Gasteiger partial charge is 0.0555 e. The number of allylic oxidation sites excluding steroid dienone is 5. The monoisotopic (exact) mass is 174 g/mol. The normalized spacial score (nSPS) is 25.2. The fourth-order valence-electron chi connectivity index (χ4n) is 0.837. The van der Waals surface area contributed by atoms with Crippen LogP contribution in [0.15, 0.2) is 34.9 Å². The SMILES string of the molecule is C=CC1C=C(Cl)C(Cl)=CC1. The molecule has 0 fully saturated rings. The molecular formula is C8H8Cl2. The minimum absolute atomic E-state index is 0.356. The molecule has 0 saturated heterocycles. The van der Waals surface area contributed by atoms with Crippen molar-refractivity contribution in [2.45, 2.75) is 6.42 Å². The average molecular weight is 175 g/mol. The number of halogens is 2. The van der Waals surface area contributed by atoms with Gasteiger partial charge < -0.3 is 0 Å². The Morgan fingerprint density at radius 3 is 2.70 bits per heavy atom. The van der Waals surface area contributed by atoms with E-state index in [4.69, 9.17) is 23.2 Å². The molecule has 1 rings (SSSR count). The second-order valence-corrected chi connectivity index (χ2v) is 3.02. The Hall–Kier alpha value is -0.200. The molecule has 0 aromatic carbocycles. The van der Waals surface area contributed by atoms with Crippen LogP contribution in [0.3, 0.4) is 0 Å². The lowest BCUT2D eigenvalue weighted by atomic mass is 10.0. The van der Waals surface area contributed by atoms with Crippen molar-refractivity contribution in [2.75, 3.05) is 0 Å². The van der Waals surface area contributed by atoms with E-state index in [1.54, 1.807) is 0 Å². The zero-order chi connectivity index (χ0) is 7.56. The van der Waals surface area contributed by atoms with Crippen molar-refractivity contribution in [3.05, 3.63) is 34.9 Å². The molecule has 0 N–H and O–H groups in total. The van der Waals surface area contributed by atoms with E-state index in [1.165, 1.54) is 0 Å². The summed E-state index contributed by atoms with van der Waals surface area (Å²) in [6.45, 7) is 3.67. The lowest BCUT2D eigenvalue weighted by Gasteiger charge is -2.10. The highest BCUT2D eigenvalue weighted by molar-refractivity contribution is 6.44. The quantitative estimate of drug-likeness (QED) is 0.535. The molecule has 0 nitrogen and oxygen atoms in total. The fraction of sp³-hybridized carbons (Fsp3) is 0.250. The van der Waals surface area contributed by atoms with Gasteiger partial charge in [-0.1, -0.05) is 41.4 Å². The van der Waals surface area contributed by atoms with Gasteiger partial charge in [0.05, 0.1) is 10.1 Å². The Balaban J connectivity index is 2.75. The van der Waals surface area contributed by atoms with Crippen LogP contribution in [0, 0.1) is 5.92 Å². The second kappa shape index (κ2) is 3.27. The number of hydrogen-bond acceptors (Lipinski definition) is 0. The third kappa shape index (κ3) is 1.65. The first kappa shape index (κ1) is 7.90. The van der Waals surface area contributed by atoms with Crippen molar-refractivity contribution in [3.63, 3.8) is 0 Å². The summed E-state index contributed by atoms with van der Waals surface area (Å²) in [5.41, 5.74) is 0. The first-order valence-corrected chi connectivity index (χ1v) is 3.85. The molecule has 1 atom stereocenters. The zero-order valence-corrected chi connectivity index (χ0v) is 6.99. The van der Waals surface area contributed by atoms with Crippen LogP contribution in [0.1, 0.15) is 6.42 Å². The van der Waals surface area contributed by atoms with Crippen LogP contribution < -0.4 is 0 Å². The Morgan fingerprint density at radius 1 is 1.50 bits per heavy atom. The molecule has 0 amide bonds. The third-order valence-corrected chi connectivity index (χ3v) is 2.24. The standard InChI is InChI=1S/C8H8Cl2/c1-2-6-3-4-7(9)8(10)5-6/h2,4-6H,1,3H2. The molecule has 0 aromatic heterocycles. The molecule has 1 aliphatic rings. The Bertz CT molecular complexity index is 201. The largest absolute Gasteiger partial charge is 0.102 e. The lowest BCUT2D eigenvalue weighted by molar-refractivity contribution is 0.819. The van der Waals surface area contributed by atoms with E-state index in [1.807, 2.05) is 18.2 Å². The number of rotatable bonds is 1. The van der Waals surface area contributed by atoms with Gasteiger partial charge in [-0.25, -0.2) is 0 Å². The van der Waals surface area contributed by atoms with Crippen LogP contribution >= 0.6 is 23.2 Å². The van der Waals surface area contributed by atoms with Crippen molar-refractivity contribution in [1.29, 1.82) is 0 Å². The lowest BCUT2D eigenvalue weighted by Crippen LogP contribution is -1.95. The van der Waals surface area contributed by atoms with Crippen molar-refractivity contribution in [2.24, 2.45) is 5.92 Å². The third-order valence-electron chi connectivity index (χ3n) is 1.46. The van der Waals surface area contributed by atoms with Crippen LogP contribution in [0.25, 0.3) is 0 Å². The Morgan fingerprint density at radius 2 is 2.20 bits per heavy atom. The van der Waals surface area contributed by atoms with E-state index in [-0.39, 0.29) is 0 Å². The average Bonchev–Trinajstić information content (AvgIpc) is 1.95. The molecule has 0 aliphatic heterocycles. The van der Waals surface area contributed by atoms with Gasteiger partial charge in [0, 0.05) is 0 Å². The number of hydrogen-bond donors (Lipinski definition) is 0. The summed E-state index contributed by atoms with van der Waals surface area (Å²) in [6.07, 6.45) is 6.61. The summed E-state index contributed by atoms with van der Waals surface area (Å²) in [7, 11) is 0. The maximum absolute atomic E-state index is 5.75. The maximum atomic E-state index is 5.75. The van der Waals surface area contributed by atoms with Crippen molar-refractivity contribution in [3.8, 4) is 0 Å². The van der Waals surface area contributed by atoms with E-state index in [2.05, 4.69) is 6.58 Å². The zero-order valence-electron chi connectivity index (χ0n) is 5.48. The van der Waals surface area contributed by atoms with Crippen molar-refractivity contribution in [1.82, 2.24) is 0 Å². The van der Waals surface area contributed by atoms with Gasteiger partial charge in [0.15, 0.2) is 0 Å². The molecule has 2 heteroatoms. The first-order chi connectivity index (χ1) is 4.74. The van der Waals surface area contributed by atoms with Crippen LogP contribution in [-0.2, 0) is 0 Å². The van der Waals surface area contributed by atoms with E-state index in [0.717, 1.165) is 6.42 Å². The Labute approximate surface area is 70.8 Å².